The number of benzene rings is 1. The maximum absolute atomic E-state index is 6.28. The van der Waals surface area contributed by atoms with Gasteiger partial charge in [0.2, 0.25) is 5.95 Å². The molecule has 2 N–H and O–H groups in total. The normalized spacial score (nSPS) is 17.6. The van der Waals surface area contributed by atoms with Crippen LogP contribution in [0.2, 0.25) is 0 Å². The molecule has 25 heavy (non-hydrogen) atoms. The third-order valence-corrected chi connectivity index (χ3v) is 5.11. The van der Waals surface area contributed by atoms with Crippen LogP contribution in [0.5, 0.6) is 5.75 Å². The summed E-state index contributed by atoms with van der Waals surface area (Å²) in [4.78, 5) is 14.0. The number of hydrogen-bond donors (Lipinski definition) is 1. The molecule has 0 radical (unpaired) electrons. The SMILES string of the molecule is COc1ccc(CN2CCc3nc(N4CCCC4)nc(N)c3C2)cc1. The minimum Gasteiger partial charge on any atom is -0.497 e. The van der Waals surface area contributed by atoms with Crippen LogP contribution in [0.3, 0.4) is 0 Å². The van der Waals surface area contributed by atoms with Crippen LogP contribution in [0.4, 0.5) is 11.8 Å². The largest absolute Gasteiger partial charge is 0.497 e. The van der Waals surface area contributed by atoms with Crippen molar-refractivity contribution in [3.05, 3.63) is 41.1 Å². The molecule has 0 atom stereocenters. The monoisotopic (exact) mass is 339 g/mol. The smallest absolute Gasteiger partial charge is 0.227 e. The van der Waals surface area contributed by atoms with Gasteiger partial charge in [-0.2, -0.15) is 4.98 Å². The fourth-order valence-electron chi connectivity index (χ4n) is 3.66. The molecule has 4 rings (SSSR count). The first-order valence-corrected chi connectivity index (χ1v) is 8.98. The highest BCUT2D eigenvalue weighted by atomic mass is 16.5. The molecule has 1 saturated heterocycles. The average molecular weight is 339 g/mol. The fourth-order valence-corrected chi connectivity index (χ4v) is 3.66. The van der Waals surface area contributed by atoms with Crippen LogP contribution in [0.15, 0.2) is 24.3 Å². The lowest BCUT2D eigenvalue weighted by Gasteiger charge is -2.29. The maximum atomic E-state index is 6.28. The van der Waals surface area contributed by atoms with Crippen LogP contribution >= 0.6 is 0 Å². The molecule has 2 aliphatic heterocycles. The number of nitrogen functional groups attached to an aromatic ring is 1. The molecule has 0 bridgehead atoms. The summed E-state index contributed by atoms with van der Waals surface area (Å²) in [6, 6.07) is 8.25. The number of nitrogens with two attached hydrogens (primary N) is 1. The summed E-state index contributed by atoms with van der Waals surface area (Å²) in [6.07, 6.45) is 3.37. The fraction of sp³-hybridized carbons (Fsp3) is 0.474. The Labute approximate surface area is 148 Å². The van der Waals surface area contributed by atoms with Gasteiger partial charge in [0.05, 0.1) is 12.8 Å². The minimum atomic E-state index is 0.645. The van der Waals surface area contributed by atoms with E-state index in [1.54, 1.807) is 7.11 Å². The molecule has 0 spiro atoms. The van der Waals surface area contributed by atoms with E-state index in [0.717, 1.165) is 62.1 Å². The number of hydrogen-bond acceptors (Lipinski definition) is 6. The van der Waals surface area contributed by atoms with Crippen molar-refractivity contribution in [2.75, 3.05) is 37.4 Å². The van der Waals surface area contributed by atoms with E-state index in [1.807, 2.05) is 12.1 Å². The van der Waals surface area contributed by atoms with Gasteiger partial charge in [0, 0.05) is 44.7 Å². The van der Waals surface area contributed by atoms with Gasteiger partial charge in [-0.1, -0.05) is 12.1 Å². The highest BCUT2D eigenvalue weighted by Gasteiger charge is 2.24. The number of anilines is 2. The highest BCUT2D eigenvalue weighted by molar-refractivity contribution is 5.49. The summed E-state index contributed by atoms with van der Waals surface area (Å²) in [5, 5.41) is 0. The van der Waals surface area contributed by atoms with Gasteiger partial charge >= 0.3 is 0 Å². The van der Waals surface area contributed by atoms with Gasteiger partial charge < -0.3 is 15.4 Å². The summed E-state index contributed by atoms with van der Waals surface area (Å²) < 4.78 is 5.22. The molecule has 2 aliphatic rings. The molecule has 1 aromatic carbocycles. The lowest BCUT2D eigenvalue weighted by molar-refractivity contribution is 0.243. The molecule has 1 aromatic heterocycles. The van der Waals surface area contributed by atoms with Crippen molar-refractivity contribution in [1.82, 2.24) is 14.9 Å². The number of ether oxygens (including phenoxy) is 1. The van der Waals surface area contributed by atoms with Gasteiger partial charge in [-0.15, -0.1) is 0 Å². The third-order valence-electron chi connectivity index (χ3n) is 5.11. The molecular formula is C19H25N5O. The molecule has 3 heterocycles. The number of methoxy groups -OCH3 is 1. The molecule has 1 fully saturated rings. The van der Waals surface area contributed by atoms with E-state index in [-0.39, 0.29) is 0 Å². The van der Waals surface area contributed by atoms with E-state index in [1.165, 1.54) is 18.4 Å². The van der Waals surface area contributed by atoms with E-state index < -0.39 is 0 Å². The van der Waals surface area contributed by atoms with E-state index in [4.69, 9.17) is 15.5 Å². The minimum absolute atomic E-state index is 0.645. The summed E-state index contributed by atoms with van der Waals surface area (Å²) in [5.74, 6) is 2.35. The molecule has 6 nitrogen and oxygen atoms in total. The molecule has 2 aromatic rings. The average Bonchev–Trinajstić information content (AvgIpc) is 3.17. The van der Waals surface area contributed by atoms with Gasteiger partial charge in [0.15, 0.2) is 0 Å². The van der Waals surface area contributed by atoms with E-state index in [2.05, 4.69) is 26.9 Å². The molecule has 132 valence electrons. The zero-order valence-corrected chi connectivity index (χ0v) is 14.7. The first-order chi connectivity index (χ1) is 12.2. The predicted octanol–water partition coefficient (Wildman–Crippen LogP) is 2.23. The van der Waals surface area contributed by atoms with Gasteiger partial charge in [-0.05, 0) is 30.5 Å². The second kappa shape index (κ2) is 6.88. The topological polar surface area (TPSA) is 67.5 Å². The predicted molar refractivity (Wildman–Crippen MR) is 98.7 cm³/mol. The lowest BCUT2D eigenvalue weighted by atomic mass is 10.1. The first kappa shape index (κ1) is 16.1. The Balaban J connectivity index is 1.48. The standard InChI is InChI=1S/C19H25N5O/c1-25-15-6-4-14(5-7-15)12-23-11-8-17-16(13-23)18(20)22-19(21-17)24-9-2-3-10-24/h4-7H,2-3,8-13H2,1H3,(H2,20,21,22). The van der Waals surface area contributed by atoms with Gasteiger partial charge in [0.25, 0.3) is 0 Å². The Bertz CT molecular complexity index is 740. The Morgan fingerprint density at radius 2 is 1.84 bits per heavy atom. The second-order valence-electron chi connectivity index (χ2n) is 6.84. The molecular weight excluding hydrogens is 314 g/mol. The summed E-state index contributed by atoms with van der Waals surface area (Å²) in [7, 11) is 1.69. The second-order valence-corrected chi connectivity index (χ2v) is 6.84. The van der Waals surface area contributed by atoms with Crippen molar-refractivity contribution < 1.29 is 4.74 Å². The third kappa shape index (κ3) is 3.39. The molecule has 0 aliphatic carbocycles. The van der Waals surface area contributed by atoms with Crippen molar-refractivity contribution in [1.29, 1.82) is 0 Å². The van der Waals surface area contributed by atoms with Crippen LogP contribution in [0.1, 0.15) is 29.7 Å². The van der Waals surface area contributed by atoms with Crippen molar-refractivity contribution in [3.8, 4) is 5.75 Å². The van der Waals surface area contributed by atoms with Crippen LogP contribution in [0.25, 0.3) is 0 Å². The van der Waals surface area contributed by atoms with Crippen molar-refractivity contribution >= 4 is 11.8 Å². The van der Waals surface area contributed by atoms with Crippen LogP contribution in [0, 0.1) is 0 Å². The van der Waals surface area contributed by atoms with E-state index >= 15 is 0 Å². The number of nitrogens with zero attached hydrogens (tertiary/aromatic N) is 4. The summed E-state index contributed by atoms with van der Waals surface area (Å²) in [6.45, 7) is 4.79. The molecule has 0 saturated carbocycles. The van der Waals surface area contributed by atoms with E-state index in [0.29, 0.717) is 5.82 Å². The zero-order valence-electron chi connectivity index (χ0n) is 14.7. The van der Waals surface area contributed by atoms with Crippen LogP contribution in [-0.2, 0) is 19.5 Å². The zero-order chi connectivity index (χ0) is 17.2. The maximum Gasteiger partial charge on any atom is 0.227 e. The molecule has 0 unspecified atom stereocenters. The molecule has 6 heteroatoms. The first-order valence-electron chi connectivity index (χ1n) is 8.98. The molecule has 0 amide bonds. The van der Waals surface area contributed by atoms with Gasteiger partial charge in [-0.3, -0.25) is 4.90 Å². The number of fused-ring (bicyclic) bond motifs is 1. The van der Waals surface area contributed by atoms with Crippen LogP contribution in [-0.4, -0.2) is 41.6 Å². The Morgan fingerprint density at radius 3 is 2.56 bits per heavy atom. The number of rotatable bonds is 4. The summed E-state index contributed by atoms with van der Waals surface area (Å²) in [5.41, 5.74) is 9.78. The van der Waals surface area contributed by atoms with Gasteiger partial charge in [0.1, 0.15) is 11.6 Å². The van der Waals surface area contributed by atoms with Gasteiger partial charge in [-0.25, -0.2) is 4.98 Å². The lowest BCUT2D eigenvalue weighted by Crippen LogP contribution is -2.32. The van der Waals surface area contributed by atoms with Crippen molar-refractivity contribution in [3.63, 3.8) is 0 Å². The van der Waals surface area contributed by atoms with E-state index in [9.17, 15) is 0 Å². The summed E-state index contributed by atoms with van der Waals surface area (Å²) >= 11 is 0. The van der Waals surface area contributed by atoms with Crippen molar-refractivity contribution in [2.24, 2.45) is 0 Å². The Morgan fingerprint density at radius 1 is 1.08 bits per heavy atom. The number of aromatic nitrogens is 2. The van der Waals surface area contributed by atoms with Crippen LogP contribution < -0.4 is 15.4 Å². The highest BCUT2D eigenvalue weighted by Crippen LogP contribution is 2.27. The van der Waals surface area contributed by atoms with Crippen molar-refractivity contribution in [2.45, 2.75) is 32.4 Å². The Hall–Kier alpha value is -2.34. The quantitative estimate of drug-likeness (QED) is 0.921. The Kier molecular flexibility index (Phi) is 4.44.